The fourth-order valence-corrected chi connectivity index (χ4v) is 2.76. The molecule has 1 saturated carbocycles. The number of hydrogen-bond donors (Lipinski definition) is 1. The van der Waals surface area contributed by atoms with E-state index in [9.17, 15) is 0 Å². The zero-order valence-corrected chi connectivity index (χ0v) is 10.2. The Balaban J connectivity index is 1.79. The van der Waals surface area contributed by atoms with Gasteiger partial charge >= 0.3 is 0 Å². The van der Waals surface area contributed by atoms with E-state index < -0.39 is 0 Å². The van der Waals surface area contributed by atoms with Crippen LogP contribution >= 0.6 is 0 Å². The minimum Gasteiger partial charge on any atom is -0.338 e. The molecule has 16 heavy (non-hydrogen) atoms. The van der Waals surface area contributed by atoms with E-state index in [-0.39, 0.29) is 6.04 Å². The lowest BCUT2D eigenvalue weighted by Crippen LogP contribution is -2.28. The minimum atomic E-state index is 0.282. The van der Waals surface area contributed by atoms with E-state index in [1.165, 1.54) is 38.5 Å². The molecule has 0 radical (unpaired) electrons. The van der Waals surface area contributed by atoms with Crippen molar-refractivity contribution < 1.29 is 0 Å². The van der Waals surface area contributed by atoms with E-state index in [4.69, 9.17) is 5.73 Å². The molecule has 1 unspecified atom stereocenters. The summed E-state index contributed by atoms with van der Waals surface area (Å²) in [6, 6.07) is 0.282. The molecule has 0 bridgehead atoms. The Hall–Kier alpha value is -0.830. The van der Waals surface area contributed by atoms with Gasteiger partial charge in [-0.3, -0.25) is 0 Å². The van der Waals surface area contributed by atoms with Crippen molar-refractivity contribution in [2.75, 3.05) is 0 Å². The highest BCUT2D eigenvalue weighted by molar-refractivity contribution is 4.94. The van der Waals surface area contributed by atoms with Crippen molar-refractivity contribution in [1.29, 1.82) is 0 Å². The fourth-order valence-electron chi connectivity index (χ4n) is 2.76. The largest absolute Gasteiger partial charge is 0.338 e. The first-order chi connectivity index (χ1) is 7.75. The van der Waals surface area contributed by atoms with Crippen LogP contribution in [0.4, 0.5) is 0 Å². The van der Waals surface area contributed by atoms with Crippen LogP contribution < -0.4 is 5.73 Å². The molecule has 0 amide bonds. The molecule has 1 aromatic heterocycles. The molecule has 1 aliphatic rings. The molecule has 1 aromatic rings. The predicted octanol–water partition coefficient (Wildman–Crippen LogP) is 2.26. The topological polar surface area (TPSA) is 43.8 Å². The summed E-state index contributed by atoms with van der Waals surface area (Å²) in [6.45, 7) is 0. The SMILES string of the molecule is Cn1ccnc1CC(N)CC1CCCCC1. The van der Waals surface area contributed by atoms with Crippen molar-refractivity contribution in [3.05, 3.63) is 18.2 Å². The number of aromatic nitrogens is 2. The first kappa shape index (κ1) is 11.6. The number of rotatable bonds is 4. The average Bonchev–Trinajstić information content (AvgIpc) is 2.66. The van der Waals surface area contributed by atoms with Crippen LogP contribution in [0.5, 0.6) is 0 Å². The third-order valence-corrected chi connectivity index (χ3v) is 3.73. The average molecular weight is 221 g/mol. The van der Waals surface area contributed by atoms with Crippen LogP contribution in [0, 0.1) is 5.92 Å². The van der Waals surface area contributed by atoms with E-state index >= 15 is 0 Å². The normalized spacial score (nSPS) is 19.9. The van der Waals surface area contributed by atoms with Gasteiger partial charge in [0.25, 0.3) is 0 Å². The Morgan fingerprint density at radius 2 is 2.19 bits per heavy atom. The third kappa shape index (κ3) is 3.08. The number of nitrogens with zero attached hydrogens (tertiary/aromatic N) is 2. The second-order valence-electron chi connectivity index (χ2n) is 5.16. The zero-order valence-electron chi connectivity index (χ0n) is 10.2. The van der Waals surface area contributed by atoms with Crippen LogP contribution in [-0.2, 0) is 13.5 Å². The molecule has 0 aromatic carbocycles. The molecule has 1 atom stereocenters. The maximum atomic E-state index is 6.21. The third-order valence-electron chi connectivity index (χ3n) is 3.73. The highest BCUT2D eigenvalue weighted by atomic mass is 15.0. The summed E-state index contributed by atoms with van der Waals surface area (Å²) in [6.07, 6.45) is 12.9. The number of hydrogen-bond acceptors (Lipinski definition) is 2. The van der Waals surface area contributed by atoms with Gasteiger partial charge in [-0.25, -0.2) is 4.98 Å². The first-order valence-electron chi connectivity index (χ1n) is 6.47. The summed E-state index contributed by atoms with van der Waals surface area (Å²) in [5.74, 6) is 1.98. The van der Waals surface area contributed by atoms with Crippen molar-refractivity contribution in [2.24, 2.45) is 18.7 Å². The number of aryl methyl sites for hydroxylation is 1. The Morgan fingerprint density at radius 3 is 2.81 bits per heavy atom. The van der Waals surface area contributed by atoms with E-state index in [0.29, 0.717) is 0 Å². The molecule has 2 N–H and O–H groups in total. The summed E-state index contributed by atoms with van der Waals surface area (Å²) in [4.78, 5) is 4.33. The standard InChI is InChI=1S/C13H23N3/c1-16-8-7-15-13(16)10-12(14)9-11-5-3-2-4-6-11/h7-8,11-12H,2-6,9-10,14H2,1H3. The molecule has 0 spiro atoms. The molecule has 0 aliphatic heterocycles. The van der Waals surface area contributed by atoms with Crippen LogP contribution in [0.2, 0.25) is 0 Å². The minimum absolute atomic E-state index is 0.282. The van der Waals surface area contributed by atoms with Crippen molar-refractivity contribution in [3.63, 3.8) is 0 Å². The lowest BCUT2D eigenvalue weighted by molar-refractivity contribution is 0.315. The maximum Gasteiger partial charge on any atom is 0.109 e. The molecule has 3 nitrogen and oxygen atoms in total. The molecule has 1 heterocycles. The van der Waals surface area contributed by atoms with Crippen LogP contribution in [-0.4, -0.2) is 15.6 Å². The number of nitrogens with two attached hydrogens (primary N) is 1. The van der Waals surface area contributed by atoms with Crippen molar-refractivity contribution in [3.8, 4) is 0 Å². The lowest BCUT2D eigenvalue weighted by atomic mass is 9.84. The number of imidazole rings is 1. The summed E-state index contributed by atoms with van der Waals surface area (Å²) in [7, 11) is 2.04. The van der Waals surface area contributed by atoms with E-state index in [1.54, 1.807) is 0 Å². The summed E-state index contributed by atoms with van der Waals surface area (Å²) in [5.41, 5.74) is 6.21. The molecule has 1 aliphatic carbocycles. The van der Waals surface area contributed by atoms with Gasteiger partial charge in [0.1, 0.15) is 5.82 Å². The van der Waals surface area contributed by atoms with Gasteiger partial charge in [0.15, 0.2) is 0 Å². The van der Waals surface area contributed by atoms with Gasteiger partial charge in [-0.05, 0) is 12.3 Å². The summed E-state index contributed by atoms with van der Waals surface area (Å²) >= 11 is 0. The first-order valence-corrected chi connectivity index (χ1v) is 6.47. The van der Waals surface area contributed by atoms with E-state index in [2.05, 4.69) is 9.55 Å². The Labute approximate surface area is 98.1 Å². The molecule has 90 valence electrons. The van der Waals surface area contributed by atoms with Crippen LogP contribution in [0.1, 0.15) is 44.3 Å². The van der Waals surface area contributed by atoms with Crippen molar-refractivity contribution in [2.45, 2.75) is 51.0 Å². The molecule has 1 fully saturated rings. The van der Waals surface area contributed by atoms with Gasteiger partial charge in [0.05, 0.1) is 0 Å². The van der Waals surface area contributed by atoms with Crippen LogP contribution in [0.15, 0.2) is 12.4 Å². The van der Waals surface area contributed by atoms with Crippen molar-refractivity contribution in [1.82, 2.24) is 9.55 Å². The second-order valence-corrected chi connectivity index (χ2v) is 5.16. The Kier molecular flexibility index (Phi) is 3.99. The second kappa shape index (κ2) is 5.48. The van der Waals surface area contributed by atoms with E-state index in [1.807, 2.05) is 19.4 Å². The molecular formula is C13H23N3. The highest BCUT2D eigenvalue weighted by Gasteiger charge is 2.17. The van der Waals surface area contributed by atoms with Gasteiger partial charge in [-0.15, -0.1) is 0 Å². The smallest absolute Gasteiger partial charge is 0.109 e. The fraction of sp³-hybridized carbons (Fsp3) is 0.769. The van der Waals surface area contributed by atoms with Gasteiger partial charge in [0.2, 0.25) is 0 Å². The van der Waals surface area contributed by atoms with Gasteiger partial charge < -0.3 is 10.3 Å². The van der Waals surface area contributed by atoms with Crippen LogP contribution in [0.3, 0.4) is 0 Å². The van der Waals surface area contributed by atoms with Gasteiger partial charge in [-0.1, -0.05) is 32.1 Å². The Morgan fingerprint density at radius 1 is 1.44 bits per heavy atom. The highest BCUT2D eigenvalue weighted by Crippen LogP contribution is 2.27. The van der Waals surface area contributed by atoms with Crippen molar-refractivity contribution >= 4 is 0 Å². The quantitative estimate of drug-likeness (QED) is 0.847. The maximum absolute atomic E-state index is 6.21. The molecule has 2 rings (SSSR count). The van der Waals surface area contributed by atoms with Gasteiger partial charge in [-0.2, -0.15) is 0 Å². The Bertz CT molecular complexity index is 313. The summed E-state index contributed by atoms with van der Waals surface area (Å²) < 4.78 is 2.07. The van der Waals surface area contributed by atoms with Gasteiger partial charge in [0, 0.05) is 31.9 Å². The van der Waals surface area contributed by atoms with Crippen LogP contribution in [0.25, 0.3) is 0 Å². The zero-order chi connectivity index (χ0) is 11.4. The summed E-state index contributed by atoms with van der Waals surface area (Å²) in [5, 5.41) is 0. The predicted molar refractivity (Wildman–Crippen MR) is 66.1 cm³/mol. The molecule has 3 heteroatoms. The monoisotopic (exact) mass is 221 g/mol. The van der Waals surface area contributed by atoms with E-state index in [0.717, 1.165) is 18.2 Å². The molecular weight excluding hydrogens is 198 g/mol. The molecule has 0 saturated heterocycles. The lowest BCUT2D eigenvalue weighted by Gasteiger charge is -2.24.